The third-order valence-corrected chi connectivity index (χ3v) is 2.71. The lowest BCUT2D eigenvalue weighted by molar-refractivity contribution is -0.141. The quantitative estimate of drug-likeness (QED) is 0.768. The molecule has 0 spiro atoms. The van der Waals surface area contributed by atoms with Crippen molar-refractivity contribution >= 4 is 23.5 Å². The standard InChI is InChI=1S/C12H14ClNO4/c1-6-3-4-8(13)5-9(6)11(16)14-10(7(2)15)12(17)18/h3-5,7,10,15H,1-2H3,(H,14,16)(H,17,18)/t7-,10+/m1/s1. The number of rotatable bonds is 4. The van der Waals surface area contributed by atoms with E-state index < -0.39 is 24.0 Å². The summed E-state index contributed by atoms with van der Waals surface area (Å²) in [4.78, 5) is 22.8. The summed E-state index contributed by atoms with van der Waals surface area (Å²) >= 11 is 5.78. The zero-order valence-electron chi connectivity index (χ0n) is 9.98. The van der Waals surface area contributed by atoms with E-state index in [2.05, 4.69) is 5.32 Å². The number of aliphatic hydroxyl groups is 1. The second-order valence-corrected chi connectivity index (χ2v) is 4.43. The van der Waals surface area contributed by atoms with E-state index in [4.69, 9.17) is 16.7 Å². The molecule has 5 nitrogen and oxygen atoms in total. The minimum Gasteiger partial charge on any atom is -0.480 e. The van der Waals surface area contributed by atoms with Gasteiger partial charge in [-0.2, -0.15) is 0 Å². The van der Waals surface area contributed by atoms with Crippen LogP contribution in [0.2, 0.25) is 5.02 Å². The Balaban J connectivity index is 2.94. The van der Waals surface area contributed by atoms with E-state index >= 15 is 0 Å². The fraction of sp³-hybridized carbons (Fsp3) is 0.333. The number of halogens is 1. The number of aryl methyl sites for hydroxylation is 1. The molecule has 0 radical (unpaired) electrons. The Morgan fingerprint density at radius 2 is 2.00 bits per heavy atom. The summed E-state index contributed by atoms with van der Waals surface area (Å²) in [5.41, 5.74) is 0.959. The smallest absolute Gasteiger partial charge is 0.328 e. The van der Waals surface area contributed by atoms with E-state index in [0.29, 0.717) is 10.6 Å². The SMILES string of the molecule is Cc1ccc(Cl)cc1C(=O)N[C@H](C(=O)O)[C@@H](C)O. The van der Waals surface area contributed by atoms with E-state index in [1.807, 2.05) is 0 Å². The van der Waals surface area contributed by atoms with Crippen molar-refractivity contribution < 1.29 is 19.8 Å². The first-order valence-electron chi connectivity index (χ1n) is 5.31. The van der Waals surface area contributed by atoms with E-state index in [1.165, 1.54) is 13.0 Å². The summed E-state index contributed by atoms with van der Waals surface area (Å²) in [5, 5.41) is 20.8. The lowest BCUT2D eigenvalue weighted by Crippen LogP contribution is -2.47. The van der Waals surface area contributed by atoms with Gasteiger partial charge in [-0.05, 0) is 31.5 Å². The molecule has 1 aromatic rings. The van der Waals surface area contributed by atoms with Crippen molar-refractivity contribution in [2.45, 2.75) is 26.0 Å². The van der Waals surface area contributed by atoms with Gasteiger partial charge in [0, 0.05) is 10.6 Å². The summed E-state index contributed by atoms with van der Waals surface area (Å²) in [6.07, 6.45) is -1.19. The van der Waals surface area contributed by atoms with Gasteiger partial charge in [0.15, 0.2) is 6.04 Å². The Bertz CT molecular complexity index is 473. The number of carboxylic acid groups (broad SMARTS) is 1. The molecule has 1 aromatic carbocycles. The first kappa shape index (κ1) is 14.5. The molecular formula is C12H14ClNO4. The highest BCUT2D eigenvalue weighted by Gasteiger charge is 2.25. The molecule has 2 atom stereocenters. The highest BCUT2D eigenvalue weighted by Crippen LogP contribution is 2.15. The van der Waals surface area contributed by atoms with E-state index in [1.54, 1.807) is 19.1 Å². The van der Waals surface area contributed by atoms with Crippen LogP contribution in [-0.2, 0) is 4.79 Å². The summed E-state index contributed by atoms with van der Waals surface area (Å²) in [6.45, 7) is 3.01. The van der Waals surface area contributed by atoms with Crippen molar-refractivity contribution in [2.75, 3.05) is 0 Å². The number of aliphatic carboxylic acids is 1. The monoisotopic (exact) mass is 271 g/mol. The predicted octanol–water partition coefficient (Wildman–Crippen LogP) is 1.21. The van der Waals surface area contributed by atoms with Crippen molar-refractivity contribution in [2.24, 2.45) is 0 Å². The van der Waals surface area contributed by atoms with Gasteiger partial charge >= 0.3 is 5.97 Å². The molecule has 0 aliphatic rings. The summed E-state index contributed by atoms with van der Waals surface area (Å²) in [6, 6.07) is 3.40. The topological polar surface area (TPSA) is 86.6 Å². The average molecular weight is 272 g/mol. The first-order chi connectivity index (χ1) is 8.32. The van der Waals surface area contributed by atoms with Crippen LogP contribution in [0.4, 0.5) is 0 Å². The van der Waals surface area contributed by atoms with Gasteiger partial charge in [-0.3, -0.25) is 4.79 Å². The van der Waals surface area contributed by atoms with Crippen molar-refractivity contribution in [1.29, 1.82) is 0 Å². The molecule has 1 amide bonds. The molecule has 0 unspecified atom stereocenters. The fourth-order valence-corrected chi connectivity index (χ4v) is 1.62. The Morgan fingerprint density at radius 3 is 2.50 bits per heavy atom. The van der Waals surface area contributed by atoms with Crippen LogP contribution in [0.5, 0.6) is 0 Å². The van der Waals surface area contributed by atoms with Crippen molar-refractivity contribution in [3.63, 3.8) is 0 Å². The molecule has 0 heterocycles. The van der Waals surface area contributed by atoms with Gasteiger partial charge in [0.1, 0.15) is 0 Å². The number of carbonyl (C=O) groups excluding carboxylic acids is 1. The van der Waals surface area contributed by atoms with Crippen molar-refractivity contribution in [1.82, 2.24) is 5.32 Å². The maximum atomic E-state index is 11.9. The van der Waals surface area contributed by atoms with Gasteiger partial charge in [-0.25, -0.2) is 4.79 Å². The normalized spacial score (nSPS) is 13.8. The van der Waals surface area contributed by atoms with Gasteiger partial charge in [-0.1, -0.05) is 17.7 Å². The largest absolute Gasteiger partial charge is 0.480 e. The van der Waals surface area contributed by atoms with Gasteiger partial charge in [0.25, 0.3) is 5.91 Å². The molecule has 3 N–H and O–H groups in total. The Labute approximate surface area is 109 Å². The fourth-order valence-electron chi connectivity index (χ4n) is 1.45. The molecule has 0 aromatic heterocycles. The van der Waals surface area contributed by atoms with Gasteiger partial charge in [0.05, 0.1) is 6.10 Å². The molecule has 18 heavy (non-hydrogen) atoms. The van der Waals surface area contributed by atoms with Crippen LogP contribution in [0, 0.1) is 6.92 Å². The van der Waals surface area contributed by atoms with Crippen molar-refractivity contribution in [3.05, 3.63) is 34.3 Å². The molecule has 1 rings (SSSR count). The Hall–Kier alpha value is -1.59. The summed E-state index contributed by atoms with van der Waals surface area (Å²) in [5.74, 6) is -1.87. The highest BCUT2D eigenvalue weighted by molar-refractivity contribution is 6.31. The van der Waals surface area contributed by atoms with E-state index in [-0.39, 0.29) is 5.56 Å². The number of nitrogens with one attached hydrogen (secondary N) is 1. The maximum absolute atomic E-state index is 11.9. The number of hydrogen-bond donors (Lipinski definition) is 3. The molecule has 0 aliphatic carbocycles. The van der Waals surface area contributed by atoms with Gasteiger partial charge in [0.2, 0.25) is 0 Å². The lowest BCUT2D eigenvalue weighted by Gasteiger charge is -2.17. The zero-order chi connectivity index (χ0) is 13.9. The molecule has 0 bridgehead atoms. The Morgan fingerprint density at radius 1 is 1.39 bits per heavy atom. The molecule has 98 valence electrons. The Kier molecular flexibility index (Phi) is 4.69. The predicted molar refractivity (Wildman–Crippen MR) is 66.8 cm³/mol. The summed E-state index contributed by atoms with van der Waals surface area (Å²) < 4.78 is 0. The molecule has 0 aliphatic heterocycles. The number of hydrogen-bond acceptors (Lipinski definition) is 3. The van der Waals surface area contributed by atoms with E-state index in [9.17, 15) is 14.7 Å². The first-order valence-corrected chi connectivity index (χ1v) is 5.68. The number of benzene rings is 1. The highest BCUT2D eigenvalue weighted by atomic mass is 35.5. The average Bonchev–Trinajstić information content (AvgIpc) is 2.28. The van der Waals surface area contributed by atoms with Crippen molar-refractivity contribution in [3.8, 4) is 0 Å². The van der Waals surface area contributed by atoms with Crippen LogP contribution < -0.4 is 5.32 Å². The molecule has 6 heteroatoms. The second-order valence-electron chi connectivity index (χ2n) is 3.99. The second kappa shape index (κ2) is 5.84. The molecule has 0 fully saturated rings. The number of carbonyl (C=O) groups is 2. The number of aliphatic hydroxyl groups excluding tert-OH is 1. The van der Waals surface area contributed by atoms with Crippen LogP contribution in [0.15, 0.2) is 18.2 Å². The molecular weight excluding hydrogens is 258 g/mol. The van der Waals surface area contributed by atoms with Crippen LogP contribution in [0.3, 0.4) is 0 Å². The summed E-state index contributed by atoms with van der Waals surface area (Å²) in [7, 11) is 0. The third-order valence-electron chi connectivity index (χ3n) is 2.48. The number of amides is 1. The van der Waals surface area contributed by atoms with Crippen LogP contribution in [0.1, 0.15) is 22.8 Å². The molecule has 0 saturated carbocycles. The van der Waals surface area contributed by atoms with E-state index in [0.717, 1.165) is 0 Å². The van der Waals surface area contributed by atoms with Crippen LogP contribution >= 0.6 is 11.6 Å². The minimum atomic E-state index is -1.35. The van der Waals surface area contributed by atoms with Gasteiger partial charge in [-0.15, -0.1) is 0 Å². The minimum absolute atomic E-state index is 0.286. The third kappa shape index (κ3) is 3.45. The van der Waals surface area contributed by atoms with Gasteiger partial charge < -0.3 is 15.5 Å². The molecule has 0 saturated heterocycles. The lowest BCUT2D eigenvalue weighted by atomic mass is 10.1. The van der Waals surface area contributed by atoms with Crippen LogP contribution in [-0.4, -0.2) is 34.2 Å². The van der Waals surface area contributed by atoms with Crippen LogP contribution in [0.25, 0.3) is 0 Å². The number of carboxylic acids is 1. The maximum Gasteiger partial charge on any atom is 0.328 e. The zero-order valence-corrected chi connectivity index (χ0v) is 10.7.